The molecule has 1 atom stereocenters. The minimum Gasteiger partial charge on any atom is -0.465 e. The first kappa shape index (κ1) is 20.5. The number of hydrogen-bond donors (Lipinski definition) is 1. The Kier molecular flexibility index (Phi) is 5.61. The molecule has 1 amide bonds. The van der Waals surface area contributed by atoms with Gasteiger partial charge < -0.3 is 9.73 Å². The van der Waals surface area contributed by atoms with E-state index in [0.717, 1.165) is 17.7 Å². The van der Waals surface area contributed by atoms with E-state index in [0.29, 0.717) is 37.2 Å². The van der Waals surface area contributed by atoms with Crippen LogP contribution in [0.1, 0.15) is 37.7 Å². The third kappa shape index (κ3) is 3.84. The Balaban J connectivity index is 1.53. The zero-order valence-corrected chi connectivity index (χ0v) is 17.9. The first-order valence-corrected chi connectivity index (χ1v) is 11.5. The van der Waals surface area contributed by atoms with E-state index >= 15 is 0 Å². The number of carbonyl (C=O) groups is 1. The van der Waals surface area contributed by atoms with Crippen molar-refractivity contribution < 1.29 is 17.6 Å². The minimum atomic E-state index is -3.83. The lowest BCUT2D eigenvalue weighted by atomic mass is 10.2. The third-order valence-electron chi connectivity index (χ3n) is 5.27. The van der Waals surface area contributed by atoms with Crippen molar-refractivity contribution in [1.82, 2.24) is 24.6 Å². The highest BCUT2D eigenvalue weighted by Crippen LogP contribution is 2.28. The van der Waals surface area contributed by atoms with Gasteiger partial charge >= 0.3 is 0 Å². The summed E-state index contributed by atoms with van der Waals surface area (Å²) in [6.07, 6.45) is 2.02. The quantitative estimate of drug-likeness (QED) is 0.614. The molecule has 0 aliphatic carbocycles. The van der Waals surface area contributed by atoms with Crippen LogP contribution in [-0.2, 0) is 27.9 Å². The van der Waals surface area contributed by atoms with Crippen LogP contribution in [0.3, 0.4) is 0 Å². The van der Waals surface area contributed by atoms with Crippen molar-refractivity contribution >= 4 is 27.0 Å². The van der Waals surface area contributed by atoms with Crippen LogP contribution in [0.4, 0.5) is 0 Å². The van der Waals surface area contributed by atoms with Gasteiger partial charge in [-0.25, -0.2) is 13.1 Å². The second-order valence-electron chi connectivity index (χ2n) is 7.47. The van der Waals surface area contributed by atoms with Gasteiger partial charge in [-0.2, -0.15) is 4.31 Å². The van der Waals surface area contributed by atoms with Crippen LogP contribution in [0.2, 0.25) is 0 Å². The Hall–Kier alpha value is -2.72. The molecule has 1 fully saturated rings. The van der Waals surface area contributed by atoms with Crippen molar-refractivity contribution in [2.45, 2.75) is 57.1 Å². The normalized spacial score (nSPS) is 17.6. The maximum atomic E-state index is 13.3. The highest BCUT2D eigenvalue weighted by Gasteiger charge is 2.39. The molecule has 160 valence electrons. The molecule has 10 heteroatoms. The van der Waals surface area contributed by atoms with Gasteiger partial charge in [-0.15, -0.1) is 5.10 Å². The highest BCUT2D eigenvalue weighted by atomic mass is 32.2. The number of furan rings is 1. The summed E-state index contributed by atoms with van der Waals surface area (Å²) in [5.74, 6) is 1.07. The summed E-state index contributed by atoms with van der Waals surface area (Å²) >= 11 is 0. The molecule has 0 saturated carbocycles. The van der Waals surface area contributed by atoms with Crippen molar-refractivity contribution in [3.8, 4) is 0 Å². The summed E-state index contributed by atoms with van der Waals surface area (Å²) in [6.45, 7) is 5.11. The molecular weight excluding hydrogens is 406 g/mol. The summed E-state index contributed by atoms with van der Waals surface area (Å²) in [7, 11) is -3.83. The molecule has 1 aliphatic heterocycles. The van der Waals surface area contributed by atoms with Crippen molar-refractivity contribution in [3.05, 3.63) is 41.9 Å². The van der Waals surface area contributed by atoms with Gasteiger partial charge in [-0.1, -0.05) is 12.1 Å². The van der Waals surface area contributed by atoms with Crippen LogP contribution >= 0.6 is 0 Å². The number of carbonyl (C=O) groups excluding carboxylic acids is 1. The van der Waals surface area contributed by atoms with Crippen LogP contribution in [-0.4, -0.2) is 46.2 Å². The van der Waals surface area contributed by atoms with E-state index < -0.39 is 16.1 Å². The van der Waals surface area contributed by atoms with E-state index in [-0.39, 0.29) is 17.3 Å². The van der Waals surface area contributed by atoms with Crippen LogP contribution < -0.4 is 5.32 Å². The zero-order chi connectivity index (χ0) is 21.3. The molecule has 30 heavy (non-hydrogen) atoms. The Labute approximate surface area is 175 Å². The maximum absolute atomic E-state index is 13.3. The summed E-state index contributed by atoms with van der Waals surface area (Å²) in [6, 6.07) is 7.69. The summed E-state index contributed by atoms with van der Waals surface area (Å²) in [5, 5.41) is 11.0. The second-order valence-corrected chi connectivity index (χ2v) is 9.36. The number of amides is 1. The molecule has 9 nitrogen and oxygen atoms in total. The average Bonchev–Trinajstić information content (AvgIpc) is 3.46. The zero-order valence-electron chi connectivity index (χ0n) is 17.0. The molecule has 0 radical (unpaired) electrons. The van der Waals surface area contributed by atoms with Crippen molar-refractivity contribution in [2.75, 3.05) is 6.54 Å². The molecule has 1 aromatic carbocycles. The number of hydrogen-bond acceptors (Lipinski definition) is 6. The number of rotatable bonds is 7. The highest BCUT2D eigenvalue weighted by molar-refractivity contribution is 7.89. The number of sulfonamides is 1. The van der Waals surface area contributed by atoms with E-state index in [2.05, 4.69) is 15.6 Å². The molecule has 3 aromatic rings. The number of aromatic nitrogens is 3. The lowest BCUT2D eigenvalue weighted by Gasteiger charge is -2.23. The fourth-order valence-electron chi connectivity index (χ4n) is 3.79. The van der Waals surface area contributed by atoms with Gasteiger partial charge in [0.05, 0.1) is 17.0 Å². The topological polar surface area (TPSA) is 110 Å². The Morgan fingerprint density at radius 1 is 1.30 bits per heavy atom. The molecule has 1 aliphatic rings. The summed E-state index contributed by atoms with van der Waals surface area (Å²) in [4.78, 5) is 12.8. The lowest BCUT2D eigenvalue weighted by Crippen LogP contribution is -2.45. The van der Waals surface area contributed by atoms with E-state index in [4.69, 9.17) is 4.42 Å². The molecular formula is C20H25N5O4S. The lowest BCUT2D eigenvalue weighted by molar-refractivity contribution is -0.124. The third-order valence-corrected chi connectivity index (χ3v) is 7.17. The Bertz CT molecular complexity index is 1170. The SMILES string of the molecule is CCCn1nnc2cc(S(=O)(=O)N3CCC[C@@H]3C(=O)NCc3ccc(C)o3)ccc21. The van der Waals surface area contributed by atoms with Gasteiger partial charge in [0.1, 0.15) is 23.1 Å². The average molecular weight is 432 g/mol. The summed E-state index contributed by atoms with van der Waals surface area (Å²) in [5.41, 5.74) is 1.32. The molecule has 1 saturated heterocycles. The van der Waals surface area contributed by atoms with Crippen molar-refractivity contribution in [2.24, 2.45) is 0 Å². The van der Waals surface area contributed by atoms with Crippen LogP contribution in [0.25, 0.3) is 11.0 Å². The number of aryl methyl sites for hydroxylation is 2. The number of nitrogens with one attached hydrogen (secondary N) is 1. The van der Waals surface area contributed by atoms with Crippen LogP contribution in [0, 0.1) is 6.92 Å². The van der Waals surface area contributed by atoms with Gasteiger partial charge in [0.2, 0.25) is 15.9 Å². The Morgan fingerprint density at radius 2 is 2.13 bits per heavy atom. The molecule has 0 unspecified atom stereocenters. The predicted molar refractivity (Wildman–Crippen MR) is 110 cm³/mol. The first-order chi connectivity index (χ1) is 14.4. The van der Waals surface area contributed by atoms with Gasteiger partial charge in [-0.3, -0.25) is 4.79 Å². The largest absolute Gasteiger partial charge is 0.465 e. The van der Waals surface area contributed by atoms with E-state index in [1.807, 2.05) is 19.9 Å². The second kappa shape index (κ2) is 8.19. The van der Waals surface area contributed by atoms with Crippen LogP contribution in [0.5, 0.6) is 0 Å². The first-order valence-electron chi connectivity index (χ1n) is 10.1. The van der Waals surface area contributed by atoms with Gasteiger partial charge in [0.25, 0.3) is 0 Å². The number of nitrogens with zero attached hydrogens (tertiary/aromatic N) is 4. The molecule has 0 spiro atoms. The fourth-order valence-corrected chi connectivity index (χ4v) is 5.46. The van der Waals surface area contributed by atoms with E-state index in [1.54, 1.807) is 22.9 Å². The van der Waals surface area contributed by atoms with Gasteiger partial charge in [0.15, 0.2) is 0 Å². The molecule has 2 aromatic heterocycles. The number of fused-ring (bicyclic) bond motifs is 1. The van der Waals surface area contributed by atoms with Crippen molar-refractivity contribution in [3.63, 3.8) is 0 Å². The van der Waals surface area contributed by atoms with E-state index in [9.17, 15) is 13.2 Å². The molecule has 4 rings (SSSR count). The Morgan fingerprint density at radius 3 is 2.87 bits per heavy atom. The minimum absolute atomic E-state index is 0.125. The molecule has 0 bridgehead atoms. The smallest absolute Gasteiger partial charge is 0.243 e. The van der Waals surface area contributed by atoms with Gasteiger partial charge in [0, 0.05) is 13.1 Å². The fraction of sp³-hybridized carbons (Fsp3) is 0.450. The van der Waals surface area contributed by atoms with Crippen molar-refractivity contribution in [1.29, 1.82) is 0 Å². The van der Waals surface area contributed by atoms with Crippen LogP contribution in [0.15, 0.2) is 39.6 Å². The van der Waals surface area contributed by atoms with E-state index in [1.165, 1.54) is 10.4 Å². The predicted octanol–water partition coefficient (Wildman–Crippen LogP) is 2.21. The number of benzene rings is 1. The molecule has 3 heterocycles. The maximum Gasteiger partial charge on any atom is 0.243 e. The van der Waals surface area contributed by atoms with Gasteiger partial charge in [-0.05, 0) is 56.5 Å². The monoisotopic (exact) mass is 431 g/mol. The molecule has 1 N–H and O–H groups in total. The standard InChI is InChI=1S/C20H25N5O4S/c1-3-10-24-18-9-8-16(12-17(18)22-23-24)30(27,28)25-11-4-5-19(25)20(26)21-13-15-7-6-14(2)29-15/h6-9,12,19H,3-5,10-11,13H2,1-2H3,(H,21,26)/t19-/m1/s1. The summed E-state index contributed by atoms with van der Waals surface area (Å²) < 4.78 is 35.1.